The first-order valence-electron chi connectivity index (χ1n) is 17.0. The minimum Gasteiger partial charge on any atom is -0.868 e. The van der Waals surface area contributed by atoms with E-state index in [0.29, 0.717) is 0 Å². The van der Waals surface area contributed by atoms with Crippen LogP contribution in [0.2, 0.25) is 0 Å². The average molecular weight is 1000 g/mol. The van der Waals surface area contributed by atoms with Crippen LogP contribution in [0.3, 0.4) is 0 Å². The summed E-state index contributed by atoms with van der Waals surface area (Å²) in [4.78, 5) is 3.36. The summed E-state index contributed by atoms with van der Waals surface area (Å²) in [5.74, 6) is -54.3. The third-order valence-corrected chi connectivity index (χ3v) is 7.68. The fourth-order valence-corrected chi connectivity index (χ4v) is 3.84. The van der Waals surface area contributed by atoms with E-state index in [1.54, 1.807) is 9.80 Å². The van der Waals surface area contributed by atoms with Gasteiger partial charge in [-0.1, -0.05) is 0 Å². The molecule has 0 fully saturated rings. The molecule has 63 heavy (non-hydrogen) atoms. The van der Waals surface area contributed by atoms with Crippen LogP contribution in [0, 0.1) is 116 Å². The summed E-state index contributed by atoms with van der Waals surface area (Å²) >= 11 is 0. The van der Waals surface area contributed by atoms with Crippen molar-refractivity contribution < 1.29 is 135 Å². The number of hydrogen-bond acceptors (Lipinski definition) is 4. The van der Waals surface area contributed by atoms with Gasteiger partial charge in [-0.15, -0.1) is 0 Å². The average Bonchev–Trinajstić information content (AvgIpc) is 3.28. The Balaban J connectivity index is -0.000000693. The summed E-state index contributed by atoms with van der Waals surface area (Å²) in [6, 6.07) is 0. The molecule has 27 heteroatoms. The normalized spacial score (nSPS) is 10.2. The summed E-state index contributed by atoms with van der Waals surface area (Å²) in [6.45, 7) is 21.0. The largest absolute Gasteiger partial charge is 2.00 e. The Hall–Kier alpha value is -4.88. The molecule has 0 saturated heterocycles. The zero-order valence-electron chi connectivity index (χ0n) is 32.7. The zero-order chi connectivity index (χ0) is 49.3. The van der Waals surface area contributed by atoms with E-state index in [2.05, 4.69) is 41.5 Å². The third kappa shape index (κ3) is 16.3. The first-order chi connectivity index (χ1) is 28.5. The third-order valence-electron chi connectivity index (χ3n) is 7.68. The molecule has 4 aromatic rings. The van der Waals surface area contributed by atoms with Crippen LogP contribution in [-0.4, -0.2) is 39.3 Å². The van der Waals surface area contributed by atoms with E-state index in [9.17, 15) is 108 Å². The van der Waals surface area contributed by atoms with Crippen LogP contribution < -0.4 is 30.2 Å². The molecule has 0 unspecified atom stereocenters. The van der Waals surface area contributed by atoms with Gasteiger partial charge in [-0.2, -0.15) is 0 Å². The Morgan fingerprint density at radius 3 is 0.365 bits per heavy atom. The van der Waals surface area contributed by atoms with Crippen LogP contribution in [0.15, 0.2) is 0 Å². The molecule has 2 N–H and O–H groups in total. The molecule has 0 bridgehead atoms. The van der Waals surface area contributed by atoms with Gasteiger partial charge in [-0.25, -0.2) is 87.8 Å². The van der Waals surface area contributed by atoms with Gasteiger partial charge in [0.05, 0.1) is 39.3 Å². The minimum atomic E-state index is -2.33. The van der Waals surface area contributed by atoms with E-state index in [0.717, 1.165) is 0 Å². The molecule has 0 amide bonds. The molecule has 361 valence electrons. The van der Waals surface area contributed by atoms with Crippen LogP contribution in [0.4, 0.5) is 87.8 Å². The first kappa shape index (κ1) is 62.4. The van der Waals surface area contributed by atoms with Crippen molar-refractivity contribution in [2.75, 3.05) is 39.3 Å². The number of benzene rings is 4. The molecule has 0 aliphatic carbocycles. The van der Waals surface area contributed by atoms with Crippen molar-refractivity contribution in [1.82, 2.24) is 0 Å². The maximum absolute atomic E-state index is 12.1. The monoisotopic (exact) mass is 999 g/mol. The van der Waals surface area contributed by atoms with Gasteiger partial charge in [0.25, 0.3) is 0 Å². The molecule has 4 rings (SSSR count). The smallest absolute Gasteiger partial charge is 0.868 e. The molecule has 0 heterocycles. The predicted octanol–water partition coefficient (Wildman–Crippen LogP) is 5.68. The quantitative estimate of drug-likeness (QED) is 0.113. The maximum atomic E-state index is 12.1. The van der Waals surface area contributed by atoms with Crippen LogP contribution in [0.25, 0.3) is 0 Å². The Kier molecular flexibility index (Phi) is 28.5. The minimum absolute atomic E-state index is 0. The number of hydrogen-bond donors (Lipinski definition) is 2. The van der Waals surface area contributed by atoms with Crippen molar-refractivity contribution in [3.63, 3.8) is 0 Å². The molecule has 0 aromatic heterocycles. The number of halogens is 20. The van der Waals surface area contributed by atoms with Crippen LogP contribution in [0.1, 0.15) is 41.5 Å². The Labute approximate surface area is 355 Å². The van der Waals surface area contributed by atoms with Gasteiger partial charge in [-0.3, -0.25) is 0 Å². The van der Waals surface area contributed by atoms with Gasteiger partial charge in [0.1, 0.15) is 0 Å². The SMILES string of the molecule is CC[NH+](CC)CC.CC[NH+](CC)CC.[Cu+2].[O-]c1c(F)c(F)c(F)c(F)c1F.[O-]c1c(F)c(F)c(F)c(F)c1F.[O-]c1c(F)c(F)c(F)c(F)c1F.[O-]c1c(F)c(F)c(F)c(F)c1F. The van der Waals surface area contributed by atoms with E-state index in [1.165, 1.54) is 39.3 Å². The molecule has 0 aliphatic heterocycles. The standard InChI is InChI=1S/4C6HF5O.2C6H15N.Cu/c4*7-1-2(8)4(10)6(12)5(11)3(1)9;2*1-4-7(5-2)6-3;/h4*12H;2*4-6H2,1-3H3;/q;;;;;;+2/p-2. The van der Waals surface area contributed by atoms with E-state index in [4.69, 9.17) is 0 Å². The molecule has 4 aromatic carbocycles. The van der Waals surface area contributed by atoms with Crippen molar-refractivity contribution in [1.29, 1.82) is 0 Å². The number of rotatable bonds is 6. The summed E-state index contributed by atoms with van der Waals surface area (Å²) in [7, 11) is 0. The molecule has 0 spiro atoms. The molecule has 0 atom stereocenters. The second-order valence-corrected chi connectivity index (χ2v) is 11.2. The summed E-state index contributed by atoms with van der Waals surface area (Å²) in [6.07, 6.45) is 0. The second-order valence-electron chi connectivity index (χ2n) is 11.2. The van der Waals surface area contributed by atoms with Gasteiger partial charge in [0.2, 0.25) is 0 Å². The summed E-state index contributed by atoms with van der Waals surface area (Å²) in [5, 5.41) is 40.7. The van der Waals surface area contributed by atoms with E-state index in [1.807, 2.05) is 0 Å². The molecular formula is C36H32CuF20N2O4. The predicted molar refractivity (Wildman–Crippen MR) is 168 cm³/mol. The van der Waals surface area contributed by atoms with Crippen LogP contribution in [-0.2, 0) is 17.1 Å². The van der Waals surface area contributed by atoms with Gasteiger partial charge in [-0.05, 0) is 64.5 Å². The van der Waals surface area contributed by atoms with E-state index < -0.39 is 139 Å². The molecule has 1 radical (unpaired) electrons. The summed E-state index contributed by atoms with van der Waals surface area (Å²) < 4.78 is 242. The first-order valence-corrected chi connectivity index (χ1v) is 17.0. The van der Waals surface area contributed by atoms with Crippen molar-refractivity contribution in [2.45, 2.75) is 41.5 Å². The van der Waals surface area contributed by atoms with Crippen molar-refractivity contribution >= 4 is 0 Å². The Bertz CT molecular complexity index is 1400. The second kappa shape index (κ2) is 28.7. The van der Waals surface area contributed by atoms with Gasteiger partial charge >= 0.3 is 17.1 Å². The molecule has 6 nitrogen and oxygen atoms in total. The van der Waals surface area contributed by atoms with Crippen molar-refractivity contribution in [3.05, 3.63) is 116 Å². The fourth-order valence-electron chi connectivity index (χ4n) is 3.84. The molecular weight excluding hydrogens is 968 g/mol. The van der Waals surface area contributed by atoms with E-state index in [-0.39, 0.29) is 17.1 Å². The van der Waals surface area contributed by atoms with E-state index >= 15 is 0 Å². The number of nitrogens with one attached hydrogen (secondary N) is 2. The van der Waals surface area contributed by atoms with Crippen molar-refractivity contribution in [2.24, 2.45) is 0 Å². The van der Waals surface area contributed by atoms with Gasteiger partial charge in [0, 0.05) is 0 Å². The fraction of sp³-hybridized carbons (Fsp3) is 0.333. The van der Waals surface area contributed by atoms with Crippen LogP contribution in [0.5, 0.6) is 23.0 Å². The number of quaternary nitrogens is 2. The Morgan fingerprint density at radius 1 is 0.222 bits per heavy atom. The Morgan fingerprint density at radius 2 is 0.302 bits per heavy atom. The summed E-state index contributed by atoms with van der Waals surface area (Å²) in [5.41, 5.74) is 0. The van der Waals surface area contributed by atoms with Gasteiger partial charge < -0.3 is 30.2 Å². The zero-order valence-corrected chi connectivity index (χ0v) is 33.7. The molecule has 0 saturated carbocycles. The molecule has 0 aliphatic rings. The van der Waals surface area contributed by atoms with Crippen LogP contribution >= 0.6 is 0 Å². The van der Waals surface area contributed by atoms with Crippen molar-refractivity contribution in [3.8, 4) is 23.0 Å². The topological polar surface area (TPSA) is 101 Å². The van der Waals surface area contributed by atoms with Gasteiger partial charge in [0.15, 0.2) is 116 Å². The maximum Gasteiger partial charge on any atom is 2.00 e.